The lowest BCUT2D eigenvalue weighted by Crippen LogP contribution is -2.42. The highest BCUT2D eigenvalue weighted by molar-refractivity contribution is 5.43. The first-order valence-electron chi connectivity index (χ1n) is 6.36. The molecule has 1 aliphatic rings. The number of methoxy groups -OCH3 is 1. The third-order valence-electron chi connectivity index (χ3n) is 3.74. The Hall–Kier alpha value is -1.64. The van der Waals surface area contributed by atoms with Crippen molar-refractivity contribution in [1.29, 1.82) is 0 Å². The Kier molecular flexibility index (Phi) is 3.98. The van der Waals surface area contributed by atoms with E-state index in [0.717, 1.165) is 0 Å². The number of anilines is 1. The summed E-state index contributed by atoms with van der Waals surface area (Å²) in [5.74, 6) is 0.247. The van der Waals surface area contributed by atoms with Gasteiger partial charge in [-0.1, -0.05) is 6.92 Å². The van der Waals surface area contributed by atoms with Gasteiger partial charge in [0.15, 0.2) is 11.6 Å². The number of aliphatic hydroxyl groups excluding tert-OH is 2. The number of aromatic nitrogens is 2. The number of rotatable bonds is 4. The Morgan fingerprint density at radius 3 is 2.90 bits per heavy atom. The van der Waals surface area contributed by atoms with Crippen molar-refractivity contribution in [3.05, 3.63) is 16.7 Å². The van der Waals surface area contributed by atoms with Crippen molar-refractivity contribution in [2.75, 3.05) is 19.5 Å². The van der Waals surface area contributed by atoms with Gasteiger partial charge in [0.2, 0.25) is 0 Å². The predicted octanol–water partition coefficient (Wildman–Crippen LogP) is -0.745. The minimum Gasteiger partial charge on any atom is -0.491 e. The molecular weight excluding hydrogens is 266 g/mol. The monoisotopic (exact) mass is 285 g/mol. The summed E-state index contributed by atoms with van der Waals surface area (Å²) in [4.78, 5) is 15.5. The maximum atomic E-state index is 11.9. The zero-order valence-corrected chi connectivity index (χ0v) is 11.4. The van der Waals surface area contributed by atoms with Gasteiger partial charge in [-0.25, -0.2) is 4.79 Å². The van der Waals surface area contributed by atoms with E-state index in [-0.39, 0.29) is 24.6 Å². The molecule has 8 heteroatoms. The third-order valence-corrected chi connectivity index (χ3v) is 3.74. The van der Waals surface area contributed by atoms with Crippen molar-refractivity contribution in [2.24, 2.45) is 0 Å². The SMILES string of the molecule is CC[C@]1(CO)OC(n2cc(OC)c(N)nc2=O)C[C@@H]1O. The van der Waals surface area contributed by atoms with Crippen LogP contribution >= 0.6 is 0 Å². The molecule has 112 valence electrons. The second-order valence-corrected chi connectivity index (χ2v) is 4.78. The van der Waals surface area contributed by atoms with Crippen LogP contribution < -0.4 is 16.2 Å². The topological polar surface area (TPSA) is 120 Å². The van der Waals surface area contributed by atoms with Crippen LogP contribution in [0.1, 0.15) is 26.0 Å². The predicted molar refractivity (Wildman–Crippen MR) is 70.3 cm³/mol. The van der Waals surface area contributed by atoms with E-state index in [0.29, 0.717) is 6.42 Å². The Morgan fingerprint density at radius 2 is 2.40 bits per heavy atom. The van der Waals surface area contributed by atoms with Gasteiger partial charge in [-0.05, 0) is 6.42 Å². The summed E-state index contributed by atoms with van der Waals surface area (Å²) < 4.78 is 11.9. The number of hydrogen-bond donors (Lipinski definition) is 3. The van der Waals surface area contributed by atoms with Crippen LogP contribution in [-0.4, -0.2) is 45.2 Å². The summed E-state index contributed by atoms with van der Waals surface area (Å²) in [7, 11) is 1.41. The summed E-state index contributed by atoms with van der Waals surface area (Å²) in [6.07, 6.45) is 0.425. The molecule has 0 radical (unpaired) electrons. The van der Waals surface area contributed by atoms with Crippen molar-refractivity contribution in [2.45, 2.75) is 37.7 Å². The van der Waals surface area contributed by atoms with E-state index in [1.165, 1.54) is 17.9 Å². The average molecular weight is 285 g/mol. The maximum absolute atomic E-state index is 11.9. The quantitative estimate of drug-likeness (QED) is 0.666. The van der Waals surface area contributed by atoms with Crippen LogP contribution in [0.3, 0.4) is 0 Å². The van der Waals surface area contributed by atoms with E-state index >= 15 is 0 Å². The van der Waals surface area contributed by atoms with E-state index in [9.17, 15) is 15.0 Å². The molecule has 0 aliphatic carbocycles. The van der Waals surface area contributed by atoms with Crippen molar-refractivity contribution in [3.8, 4) is 5.75 Å². The Balaban J connectivity index is 2.37. The molecule has 8 nitrogen and oxygen atoms in total. The fraction of sp³-hybridized carbons (Fsp3) is 0.667. The first kappa shape index (κ1) is 14.8. The molecule has 3 atom stereocenters. The molecule has 1 saturated heterocycles. The normalized spacial score (nSPS) is 29.6. The van der Waals surface area contributed by atoms with Gasteiger partial charge in [-0.3, -0.25) is 4.57 Å². The van der Waals surface area contributed by atoms with Crippen LogP contribution in [0, 0.1) is 0 Å². The minimum atomic E-state index is -1.06. The zero-order chi connectivity index (χ0) is 14.9. The lowest BCUT2D eigenvalue weighted by molar-refractivity contribution is -0.130. The molecule has 1 aromatic rings. The maximum Gasteiger partial charge on any atom is 0.351 e. The molecule has 1 aromatic heterocycles. The molecule has 0 spiro atoms. The van der Waals surface area contributed by atoms with Gasteiger partial charge in [0.1, 0.15) is 11.8 Å². The van der Waals surface area contributed by atoms with Crippen molar-refractivity contribution < 1.29 is 19.7 Å². The molecule has 0 aromatic carbocycles. The van der Waals surface area contributed by atoms with E-state index in [2.05, 4.69) is 4.98 Å². The van der Waals surface area contributed by atoms with Crippen LogP contribution in [-0.2, 0) is 4.74 Å². The van der Waals surface area contributed by atoms with Gasteiger partial charge in [-0.15, -0.1) is 0 Å². The van der Waals surface area contributed by atoms with Crippen molar-refractivity contribution in [3.63, 3.8) is 0 Å². The fourth-order valence-corrected chi connectivity index (χ4v) is 2.37. The minimum absolute atomic E-state index is 0.00351. The summed E-state index contributed by atoms with van der Waals surface area (Å²) >= 11 is 0. The van der Waals surface area contributed by atoms with Crippen molar-refractivity contribution >= 4 is 5.82 Å². The van der Waals surface area contributed by atoms with Gasteiger partial charge in [0, 0.05) is 6.42 Å². The largest absolute Gasteiger partial charge is 0.491 e. The number of hydrogen-bond acceptors (Lipinski definition) is 7. The summed E-state index contributed by atoms with van der Waals surface area (Å²) in [6.45, 7) is 1.47. The number of nitrogens with zero attached hydrogens (tertiary/aromatic N) is 2. The summed E-state index contributed by atoms with van der Waals surface area (Å²) in [5, 5.41) is 19.5. The second-order valence-electron chi connectivity index (χ2n) is 4.78. The highest BCUT2D eigenvalue weighted by atomic mass is 16.6. The van der Waals surface area contributed by atoms with Gasteiger partial charge < -0.3 is 25.4 Å². The molecule has 0 saturated carbocycles. The molecule has 1 fully saturated rings. The lowest BCUT2D eigenvalue weighted by atomic mass is 9.95. The fourth-order valence-electron chi connectivity index (χ4n) is 2.37. The van der Waals surface area contributed by atoms with E-state index in [4.69, 9.17) is 15.2 Å². The highest BCUT2D eigenvalue weighted by Gasteiger charge is 2.47. The second kappa shape index (κ2) is 5.39. The number of aliphatic hydroxyl groups is 2. The molecular formula is C12H19N3O5. The van der Waals surface area contributed by atoms with Crippen LogP contribution in [0.15, 0.2) is 11.0 Å². The van der Waals surface area contributed by atoms with Gasteiger partial charge in [0.05, 0.1) is 26.0 Å². The van der Waals surface area contributed by atoms with Crippen LogP contribution in [0.25, 0.3) is 0 Å². The van der Waals surface area contributed by atoms with Gasteiger partial charge in [0.25, 0.3) is 0 Å². The molecule has 1 aliphatic heterocycles. The van der Waals surface area contributed by atoms with Crippen LogP contribution in [0.2, 0.25) is 0 Å². The molecule has 4 N–H and O–H groups in total. The van der Waals surface area contributed by atoms with E-state index in [1.54, 1.807) is 6.92 Å². The summed E-state index contributed by atoms with van der Waals surface area (Å²) in [5.41, 5.74) is 3.90. The number of ether oxygens (including phenoxy) is 2. The standard InChI is InChI=1S/C12H19N3O5/c1-3-12(6-16)8(17)4-9(20-12)15-5-7(19-2)10(13)14-11(15)18/h5,8-9,16-17H,3-4,6H2,1-2H3,(H2,13,14,18)/t8-,9?,12+/m0/s1. The molecule has 2 heterocycles. The molecule has 1 unspecified atom stereocenters. The lowest BCUT2D eigenvalue weighted by Gasteiger charge is -2.28. The zero-order valence-electron chi connectivity index (χ0n) is 11.4. The summed E-state index contributed by atoms with van der Waals surface area (Å²) in [6, 6.07) is 0. The van der Waals surface area contributed by atoms with Crippen molar-refractivity contribution in [1.82, 2.24) is 9.55 Å². The number of nitrogen functional groups attached to an aromatic ring is 1. The Morgan fingerprint density at radius 1 is 1.70 bits per heavy atom. The van der Waals surface area contributed by atoms with E-state index in [1.807, 2.05) is 0 Å². The molecule has 2 rings (SSSR count). The Labute approximate surface area is 115 Å². The highest BCUT2D eigenvalue weighted by Crippen LogP contribution is 2.38. The van der Waals surface area contributed by atoms with Gasteiger partial charge in [-0.2, -0.15) is 4.98 Å². The van der Waals surface area contributed by atoms with Crippen LogP contribution in [0.4, 0.5) is 5.82 Å². The molecule has 20 heavy (non-hydrogen) atoms. The molecule has 0 bridgehead atoms. The van der Waals surface area contributed by atoms with Crippen LogP contribution in [0.5, 0.6) is 5.75 Å². The first-order chi connectivity index (χ1) is 9.47. The first-order valence-corrected chi connectivity index (χ1v) is 6.36. The third kappa shape index (κ3) is 2.26. The smallest absolute Gasteiger partial charge is 0.351 e. The Bertz CT molecular complexity index is 540. The van der Waals surface area contributed by atoms with E-state index < -0.39 is 23.6 Å². The number of nitrogens with two attached hydrogens (primary N) is 1. The average Bonchev–Trinajstić information content (AvgIpc) is 2.76. The van der Waals surface area contributed by atoms with Gasteiger partial charge >= 0.3 is 5.69 Å². The molecule has 0 amide bonds.